The summed E-state index contributed by atoms with van der Waals surface area (Å²) < 4.78 is 0.676. The van der Waals surface area contributed by atoms with Gasteiger partial charge in [-0.05, 0) is 57.9 Å². The van der Waals surface area contributed by atoms with Gasteiger partial charge in [-0.2, -0.15) is 0 Å². The monoisotopic (exact) mass is 482 g/mol. The van der Waals surface area contributed by atoms with Crippen LogP contribution in [0.5, 0.6) is 0 Å². The van der Waals surface area contributed by atoms with E-state index in [1.807, 2.05) is 48.5 Å². The highest BCUT2D eigenvalue weighted by atomic mass is 79.9. The van der Waals surface area contributed by atoms with Crippen LogP contribution in [-0.4, -0.2) is 17.9 Å². The number of rotatable bonds is 3. The van der Waals surface area contributed by atoms with Crippen LogP contribution in [0.15, 0.2) is 83.3 Å². The Kier molecular flexibility index (Phi) is 4.85. The maximum absolute atomic E-state index is 13.5. The Morgan fingerprint density at radius 2 is 1.50 bits per heavy atom. The number of nitrogens with zero attached hydrogens (tertiary/aromatic N) is 2. The molecule has 2 aliphatic heterocycles. The lowest BCUT2D eigenvalue weighted by Gasteiger charge is -2.29. The van der Waals surface area contributed by atoms with E-state index in [2.05, 4.69) is 15.9 Å². The number of hydroxylamine groups is 1. The minimum Gasteiger partial charge on any atom is -0.273 e. The normalized spacial score (nSPS) is 23.2. The number of anilines is 2. The number of imide groups is 1. The lowest BCUT2D eigenvalue weighted by atomic mass is 9.90. The first-order valence-corrected chi connectivity index (χ1v) is 10.6. The summed E-state index contributed by atoms with van der Waals surface area (Å²) in [7, 11) is 0. The molecule has 3 aromatic rings. The molecule has 2 aliphatic rings. The second kappa shape index (κ2) is 7.54. The largest absolute Gasteiger partial charge is 0.273 e. The Morgan fingerprint density at radius 3 is 2.20 bits per heavy atom. The Hall–Kier alpha value is -2.67. The van der Waals surface area contributed by atoms with Crippen molar-refractivity contribution in [1.29, 1.82) is 0 Å². The zero-order valence-electron chi connectivity index (χ0n) is 15.6. The van der Waals surface area contributed by atoms with E-state index < -0.39 is 18.1 Å². The highest BCUT2D eigenvalue weighted by Crippen LogP contribution is 2.48. The summed E-state index contributed by atoms with van der Waals surface area (Å²) >= 11 is 9.52. The molecule has 0 N–H and O–H groups in total. The van der Waals surface area contributed by atoms with E-state index in [9.17, 15) is 9.59 Å². The molecule has 2 fully saturated rings. The molecule has 5 nitrogen and oxygen atoms in total. The van der Waals surface area contributed by atoms with E-state index in [0.717, 1.165) is 11.3 Å². The lowest BCUT2D eigenvalue weighted by molar-refractivity contribution is -0.126. The van der Waals surface area contributed by atoms with Crippen molar-refractivity contribution < 1.29 is 14.4 Å². The van der Waals surface area contributed by atoms with Crippen molar-refractivity contribution in [1.82, 2.24) is 0 Å². The molecule has 3 atom stereocenters. The minimum atomic E-state index is -0.898. The van der Waals surface area contributed by atoms with E-state index >= 15 is 0 Å². The standard InChI is InChI=1S/C23H16BrClN2O3/c24-17-8-4-5-9-18(17)26-22(28)19-20(14-10-12-15(25)13-11-14)27(30-21(19)23(26)29)16-6-2-1-3-7-16/h1-13,19-21H/t19-,20+,21-/m1/s1. The molecule has 0 aromatic heterocycles. The van der Waals surface area contributed by atoms with E-state index in [1.54, 1.807) is 35.4 Å². The average molecular weight is 484 g/mol. The van der Waals surface area contributed by atoms with Crippen molar-refractivity contribution >= 4 is 50.7 Å². The number of benzene rings is 3. The van der Waals surface area contributed by atoms with Crippen molar-refractivity contribution in [2.45, 2.75) is 12.1 Å². The molecule has 0 bridgehead atoms. The molecule has 2 heterocycles. The van der Waals surface area contributed by atoms with Crippen LogP contribution in [0.2, 0.25) is 5.02 Å². The minimum absolute atomic E-state index is 0.282. The van der Waals surface area contributed by atoms with E-state index in [1.165, 1.54) is 4.90 Å². The molecule has 2 amide bonds. The summed E-state index contributed by atoms with van der Waals surface area (Å²) in [5.74, 6) is -1.32. The van der Waals surface area contributed by atoms with Crippen molar-refractivity contribution in [3.05, 3.63) is 93.9 Å². The Balaban J connectivity index is 1.60. The molecule has 2 saturated heterocycles. The summed E-state index contributed by atoms with van der Waals surface area (Å²) in [6, 6.07) is 23.5. The molecular formula is C23H16BrClN2O3. The number of amides is 2. The predicted molar refractivity (Wildman–Crippen MR) is 118 cm³/mol. The fraction of sp³-hybridized carbons (Fsp3) is 0.130. The van der Waals surface area contributed by atoms with Crippen LogP contribution in [0.25, 0.3) is 0 Å². The van der Waals surface area contributed by atoms with Crippen molar-refractivity contribution in [2.24, 2.45) is 5.92 Å². The summed E-state index contributed by atoms with van der Waals surface area (Å²) in [6.45, 7) is 0. The average Bonchev–Trinajstić information content (AvgIpc) is 3.26. The quantitative estimate of drug-likeness (QED) is 0.483. The van der Waals surface area contributed by atoms with E-state index in [-0.39, 0.29) is 11.8 Å². The van der Waals surface area contributed by atoms with Gasteiger partial charge in [0.2, 0.25) is 5.91 Å². The molecule has 0 spiro atoms. The van der Waals surface area contributed by atoms with Gasteiger partial charge in [-0.15, -0.1) is 0 Å². The van der Waals surface area contributed by atoms with Gasteiger partial charge in [0.15, 0.2) is 6.10 Å². The third kappa shape index (κ3) is 3.03. The number of carbonyl (C=O) groups is 2. The van der Waals surface area contributed by atoms with Crippen LogP contribution in [0.1, 0.15) is 11.6 Å². The van der Waals surface area contributed by atoms with Crippen LogP contribution in [0, 0.1) is 5.92 Å². The first-order valence-electron chi connectivity index (χ1n) is 9.45. The number of para-hydroxylation sites is 2. The third-order valence-electron chi connectivity index (χ3n) is 5.43. The molecule has 0 saturated carbocycles. The van der Waals surface area contributed by atoms with Crippen LogP contribution >= 0.6 is 27.5 Å². The summed E-state index contributed by atoms with van der Waals surface area (Å²) in [6.07, 6.45) is -0.898. The second-order valence-corrected chi connectivity index (χ2v) is 8.46. The Bertz CT molecular complexity index is 1120. The van der Waals surface area contributed by atoms with Crippen LogP contribution in [0.4, 0.5) is 11.4 Å². The molecule has 30 heavy (non-hydrogen) atoms. The second-order valence-electron chi connectivity index (χ2n) is 7.17. The first-order chi connectivity index (χ1) is 14.6. The Morgan fingerprint density at radius 1 is 0.833 bits per heavy atom. The lowest BCUT2D eigenvalue weighted by Crippen LogP contribution is -2.37. The van der Waals surface area contributed by atoms with Crippen molar-refractivity contribution in [3.63, 3.8) is 0 Å². The number of hydrogen-bond acceptors (Lipinski definition) is 4. The molecule has 5 rings (SSSR count). The van der Waals surface area contributed by atoms with E-state index in [0.29, 0.717) is 15.2 Å². The van der Waals surface area contributed by atoms with Crippen molar-refractivity contribution in [3.8, 4) is 0 Å². The fourth-order valence-corrected chi connectivity index (χ4v) is 4.67. The van der Waals surface area contributed by atoms with Gasteiger partial charge in [0.05, 0.1) is 17.4 Å². The predicted octanol–water partition coefficient (Wildman–Crippen LogP) is 5.15. The van der Waals surface area contributed by atoms with Gasteiger partial charge in [-0.1, -0.05) is 54.1 Å². The third-order valence-corrected chi connectivity index (χ3v) is 6.35. The molecule has 0 aliphatic carbocycles. The maximum atomic E-state index is 13.5. The molecule has 3 aromatic carbocycles. The van der Waals surface area contributed by atoms with Gasteiger partial charge < -0.3 is 0 Å². The van der Waals surface area contributed by atoms with Gasteiger partial charge >= 0.3 is 0 Å². The smallest absolute Gasteiger partial charge is 0.266 e. The van der Waals surface area contributed by atoms with E-state index in [4.69, 9.17) is 16.4 Å². The summed E-state index contributed by atoms with van der Waals surface area (Å²) in [5, 5.41) is 2.27. The van der Waals surface area contributed by atoms with Gasteiger partial charge in [-0.3, -0.25) is 14.4 Å². The van der Waals surface area contributed by atoms with Gasteiger partial charge in [0.1, 0.15) is 5.92 Å². The van der Waals surface area contributed by atoms with Crippen LogP contribution in [-0.2, 0) is 14.4 Å². The first kappa shape index (κ1) is 19.3. The zero-order valence-corrected chi connectivity index (χ0v) is 18.0. The van der Waals surface area contributed by atoms with Crippen molar-refractivity contribution in [2.75, 3.05) is 9.96 Å². The number of carbonyl (C=O) groups excluding carboxylic acids is 2. The molecule has 150 valence electrons. The highest BCUT2D eigenvalue weighted by molar-refractivity contribution is 9.10. The van der Waals surface area contributed by atoms with Gasteiger partial charge in [-0.25, -0.2) is 9.96 Å². The topological polar surface area (TPSA) is 49.9 Å². The summed E-state index contributed by atoms with van der Waals surface area (Å²) in [5.41, 5.74) is 2.15. The number of hydrogen-bond donors (Lipinski definition) is 0. The fourth-order valence-electron chi connectivity index (χ4n) is 4.08. The SMILES string of the molecule is O=C1[C@H]2[C@@H](ON(c3ccccc3)[C@H]2c2ccc(Cl)cc2)C(=O)N1c1ccccc1Br. The van der Waals surface area contributed by atoms with Gasteiger partial charge in [0, 0.05) is 9.50 Å². The summed E-state index contributed by atoms with van der Waals surface area (Å²) in [4.78, 5) is 34.1. The Labute approximate surface area is 186 Å². The number of fused-ring (bicyclic) bond motifs is 1. The maximum Gasteiger partial charge on any atom is 0.266 e. The molecule has 7 heteroatoms. The van der Waals surface area contributed by atoms with Crippen LogP contribution in [0.3, 0.4) is 0 Å². The molecule has 0 unspecified atom stereocenters. The highest BCUT2D eigenvalue weighted by Gasteiger charge is 2.60. The van der Waals surface area contributed by atoms with Crippen LogP contribution < -0.4 is 9.96 Å². The van der Waals surface area contributed by atoms with Gasteiger partial charge in [0.25, 0.3) is 5.91 Å². The zero-order chi connectivity index (χ0) is 20.8. The number of halogens is 2. The molecular weight excluding hydrogens is 468 g/mol. The molecule has 0 radical (unpaired) electrons.